The van der Waals surface area contributed by atoms with Crippen molar-refractivity contribution in [3.63, 3.8) is 0 Å². The molecule has 0 amide bonds. The second-order valence-electron chi connectivity index (χ2n) is 6.92. The summed E-state index contributed by atoms with van der Waals surface area (Å²) in [7, 11) is 4.32. The van der Waals surface area contributed by atoms with Gasteiger partial charge in [-0.05, 0) is 52.7 Å². The number of rotatable bonds is 7. The van der Waals surface area contributed by atoms with Crippen molar-refractivity contribution in [3.05, 3.63) is 0 Å². The van der Waals surface area contributed by atoms with Crippen molar-refractivity contribution < 1.29 is 0 Å². The predicted octanol–water partition coefficient (Wildman–Crippen LogP) is 2.47. The first-order chi connectivity index (χ1) is 8.99. The highest BCUT2D eigenvalue weighted by Gasteiger charge is 2.19. The van der Waals surface area contributed by atoms with Gasteiger partial charge in [0, 0.05) is 24.7 Å². The Balaban J connectivity index is 2.35. The van der Waals surface area contributed by atoms with Crippen molar-refractivity contribution in [2.75, 3.05) is 27.2 Å². The first-order valence-corrected chi connectivity index (χ1v) is 8.13. The van der Waals surface area contributed by atoms with Crippen molar-refractivity contribution in [2.45, 2.75) is 71.0 Å². The highest BCUT2D eigenvalue weighted by atomic mass is 15.1. The summed E-state index contributed by atoms with van der Waals surface area (Å²) in [5, 5.41) is 7.54. The lowest BCUT2D eigenvalue weighted by molar-refractivity contribution is 0.260. The molecule has 0 aromatic heterocycles. The van der Waals surface area contributed by atoms with Crippen molar-refractivity contribution >= 4 is 0 Å². The van der Waals surface area contributed by atoms with Crippen LogP contribution in [0.2, 0.25) is 0 Å². The summed E-state index contributed by atoms with van der Waals surface area (Å²) in [6, 6.07) is 1.91. The molecule has 0 aromatic rings. The summed E-state index contributed by atoms with van der Waals surface area (Å²) in [6.45, 7) is 9.32. The number of nitrogens with zero attached hydrogens (tertiary/aromatic N) is 1. The minimum absolute atomic E-state index is 0.593. The number of hydrogen-bond acceptors (Lipinski definition) is 3. The normalized spacial score (nSPS) is 24.5. The Kier molecular flexibility index (Phi) is 7.96. The zero-order chi connectivity index (χ0) is 14.3. The van der Waals surface area contributed by atoms with Gasteiger partial charge in [0.2, 0.25) is 0 Å². The minimum atomic E-state index is 0.593. The van der Waals surface area contributed by atoms with Gasteiger partial charge >= 0.3 is 0 Å². The van der Waals surface area contributed by atoms with Crippen LogP contribution in [0.4, 0.5) is 0 Å². The van der Waals surface area contributed by atoms with E-state index in [1.54, 1.807) is 0 Å². The molecule has 0 bridgehead atoms. The molecule has 1 heterocycles. The lowest BCUT2D eigenvalue weighted by Crippen LogP contribution is -2.47. The average molecular weight is 269 g/mol. The Bertz CT molecular complexity index is 220. The highest BCUT2D eigenvalue weighted by molar-refractivity contribution is 4.81. The molecular weight excluding hydrogens is 234 g/mol. The van der Waals surface area contributed by atoms with Gasteiger partial charge in [0.15, 0.2) is 0 Å². The highest BCUT2D eigenvalue weighted by Crippen LogP contribution is 2.14. The maximum Gasteiger partial charge on any atom is 0.0220 e. The fourth-order valence-corrected chi connectivity index (χ4v) is 3.01. The lowest BCUT2D eigenvalue weighted by Gasteiger charge is -2.30. The van der Waals surface area contributed by atoms with Crippen LogP contribution in [0.25, 0.3) is 0 Å². The monoisotopic (exact) mass is 269 g/mol. The molecule has 3 atom stereocenters. The van der Waals surface area contributed by atoms with Crippen LogP contribution in [0.5, 0.6) is 0 Å². The quantitative estimate of drug-likeness (QED) is 0.743. The zero-order valence-corrected chi connectivity index (χ0v) is 13.7. The Labute approximate surface area is 120 Å². The van der Waals surface area contributed by atoms with Crippen molar-refractivity contribution in [3.8, 4) is 0 Å². The van der Waals surface area contributed by atoms with Crippen LogP contribution in [-0.4, -0.2) is 50.2 Å². The van der Waals surface area contributed by atoms with Crippen LogP contribution in [-0.2, 0) is 0 Å². The molecule has 3 nitrogen and oxygen atoms in total. The minimum Gasteiger partial charge on any atom is -0.314 e. The van der Waals surface area contributed by atoms with E-state index in [9.17, 15) is 0 Å². The molecule has 1 aliphatic rings. The molecule has 19 heavy (non-hydrogen) atoms. The van der Waals surface area contributed by atoms with Gasteiger partial charge < -0.3 is 15.5 Å². The maximum absolute atomic E-state index is 3.83. The first-order valence-electron chi connectivity index (χ1n) is 8.13. The van der Waals surface area contributed by atoms with Gasteiger partial charge in [-0.15, -0.1) is 0 Å². The molecule has 2 N–H and O–H groups in total. The number of likely N-dealkylation sites (N-methyl/N-ethyl adjacent to an activating group) is 1. The van der Waals surface area contributed by atoms with Gasteiger partial charge in [0.05, 0.1) is 0 Å². The second kappa shape index (κ2) is 8.93. The molecule has 0 aliphatic carbocycles. The van der Waals surface area contributed by atoms with Crippen LogP contribution in [0.15, 0.2) is 0 Å². The second-order valence-corrected chi connectivity index (χ2v) is 6.92. The lowest BCUT2D eigenvalue weighted by atomic mass is 9.99. The molecule has 0 spiro atoms. The average Bonchev–Trinajstić information content (AvgIpc) is 2.56. The largest absolute Gasteiger partial charge is 0.314 e. The van der Waals surface area contributed by atoms with E-state index in [0.29, 0.717) is 18.0 Å². The molecule has 114 valence electrons. The molecule has 3 heteroatoms. The van der Waals surface area contributed by atoms with Crippen LogP contribution in [0, 0.1) is 5.92 Å². The summed E-state index contributed by atoms with van der Waals surface area (Å²) in [5.74, 6) is 0.687. The van der Waals surface area contributed by atoms with E-state index in [0.717, 1.165) is 12.6 Å². The molecule has 1 fully saturated rings. The van der Waals surface area contributed by atoms with Gasteiger partial charge in [0.25, 0.3) is 0 Å². The Morgan fingerprint density at radius 3 is 2.53 bits per heavy atom. The number of nitrogens with one attached hydrogen (secondary N) is 2. The van der Waals surface area contributed by atoms with E-state index >= 15 is 0 Å². The molecule has 1 saturated heterocycles. The third-order valence-corrected chi connectivity index (χ3v) is 4.17. The molecule has 1 rings (SSSR count). The van der Waals surface area contributed by atoms with Gasteiger partial charge in [-0.3, -0.25) is 0 Å². The van der Waals surface area contributed by atoms with Gasteiger partial charge in [-0.25, -0.2) is 0 Å². The first kappa shape index (κ1) is 16.9. The van der Waals surface area contributed by atoms with E-state index in [1.165, 1.54) is 38.6 Å². The fourth-order valence-electron chi connectivity index (χ4n) is 3.01. The predicted molar refractivity (Wildman–Crippen MR) is 84.7 cm³/mol. The number of hydrogen-bond donors (Lipinski definition) is 2. The van der Waals surface area contributed by atoms with Gasteiger partial charge in [-0.2, -0.15) is 0 Å². The maximum atomic E-state index is 3.83. The topological polar surface area (TPSA) is 27.3 Å². The van der Waals surface area contributed by atoms with Crippen LogP contribution >= 0.6 is 0 Å². The Hall–Kier alpha value is -0.120. The summed E-state index contributed by atoms with van der Waals surface area (Å²) >= 11 is 0. The standard InChI is InChI=1S/C16H35N3/c1-13(2)16(12-19(4)5)18-14(3)11-15-9-7-6-8-10-17-15/h13-18H,6-12H2,1-5H3. The van der Waals surface area contributed by atoms with E-state index in [1.807, 2.05) is 0 Å². The van der Waals surface area contributed by atoms with Gasteiger partial charge in [-0.1, -0.05) is 26.7 Å². The van der Waals surface area contributed by atoms with E-state index in [2.05, 4.69) is 50.4 Å². The molecule has 3 unspecified atom stereocenters. The van der Waals surface area contributed by atoms with Crippen LogP contribution < -0.4 is 10.6 Å². The molecule has 0 aromatic carbocycles. The SMILES string of the molecule is CC(CC1CCCCCN1)NC(CN(C)C)C(C)C. The van der Waals surface area contributed by atoms with Crippen molar-refractivity contribution in [1.82, 2.24) is 15.5 Å². The van der Waals surface area contributed by atoms with E-state index in [-0.39, 0.29) is 0 Å². The molecular formula is C16H35N3. The smallest absolute Gasteiger partial charge is 0.0220 e. The summed E-state index contributed by atoms with van der Waals surface area (Å²) in [4.78, 5) is 2.29. The fraction of sp³-hybridized carbons (Fsp3) is 1.00. The van der Waals surface area contributed by atoms with Crippen LogP contribution in [0.1, 0.15) is 52.9 Å². The molecule has 1 aliphatic heterocycles. The van der Waals surface area contributed by atoms with Crippen molar-refractivity contribution in [2.24, 2.45) is 5.92 Å². The summed E-state index contributed by atoms with van der Waals surface area (Å²) in [6.07, 6.45) is 6.77. The van der Waals surface area contributed by atoms with E-state index in [4.69, 9.17) is 0 Å². The molecule has 0 radical (unpaired) electrons. The zero-order valence-electron chi connectivity index (χ0n) is 13.7. The van der Waals surface area contributed by atoms with Crippen molar-refractivity contribution in [1.29, 1.82) is 0 Å². The molecule has 0 saturated carbocycles. The van der Waals surface area contributed by atoms with Crippen LogP contribution in [0.3, 0.4) is 0 Å². The third-order valence-electron chi connectivity index (χ3n) is 4.17. The Morgan fingerprint density at radius 2 is 1.89 bits per heavy atom. The van der Waals surface area contributed by atoms with E-state index < -0.39 is 0 Å². The Morgan fingerprint density at radius 1 is 1.16 bits per heavy atom. The third kappa shape index (κ3) is 7.28. The summed E-state index contributed by atoms with van der Waals surface area (Å²) < 4.78 is 0. The summed E-state index contributed by atoms with van der Waals surface area (Å²) in [5.41, 5.74) is 0. The van der Waals surface area contributed by atoms with Gasteiger partial charge in [0.1, 0.15) is 0 Å².